The molecule has 4 rings (SSSR count). The van der Waals surface area contributed by atoms with Crippen molar-refractivity contribution in [3.8, 4) is 0 Å². The van der Waals surface area contributed by atoms with Gasteiger partial charge in [0.2, 0.25) is 11.0 Å². The van der Waals surface area contributed by atoms with Gasteiger partial charge in [-0.25, -0.2) is 5.06 Å². The third kappa shape index (κ3) is 7.19. The van der Waals surface area contributed by atoms with Crippen LogP contribution >= 0.6 is 11.3 Å². The van der Waals surface area contributed by atoms with Gasteiger partial charge in [-0.1, -0.05) is 53.8 Å². The van der Waals surface area contributed by atoms with Gasteiger partial charge in [0, 0.05) is 25.0 Å². The van der Waals surface area contributed by atoms with Gasteiger partial charge in [0.1, 0.15) is 5.01 Å². The molecule has 3 N–H and O–H groups in total. The Morgan fingerprint density at radius 2 is 1.72 bits per heavy atom. The Labute approximate surface area is 215 Å². The molecule has 190 valence electrons. The fraction of sp³-hybridized carbons (Fsp3) is 0.407. The average Bonchev–Trinajstić information content (AvgIpc) is 3.34. The lowest BCUT2D eigenvalue weighted by Gasteiger charge is -2.29. The van der Waals surface area contributed by atoms with Crippen molar-refractivity contribution in [3.05, 3.63) is 76.3 Å². The van der Waals surface area contributed by atoms with E-state index in [9.17, 15) is 14.8 Å². The summed E-state index contributed by atoms with van der Waals surface area (Å²) < 4.78 is 0. The molecule has 9 heteroatoms. The molecule has 8 nitrogen and oxygen atoms in total. The number of nitrogens with zero attached hydrogens (tertiary/aromatic N) is 3. The van der Waals surface area contributed by atoms with Crippen molar-refractivity contribution in [2.24, 2.45) is 5.92 Å². The third-order valence-electron chi connectivity index (χ3n) is 6.66. The maximum atomic E-state index is 12.7. The first-order chi connectivity index (χ1) is 17.5. The van der Waals surface area contributed by atoms with Crippen LogP contribution in [0.3, 0.4) is 0 Å². The number of carbonyl (C=O) groups excluding carboxylic acids is 2. The molecule has 1 aromatic heterocycles. The Morgan fingerprint density at radius 3 is 2.42 bits per heavy atom. The Hall–Kier alpha value is -3.14. The van der Waals surface area contributed by atoms with Crippen molar-refractivity contribution in [1.82, 2.24) is 15.3 Å². The zero-order chi connectivity index (χ0) is 25.3. The maximum Gasteiger partial charge on any atom is 0.257 e. The minimum Gasteiger partial charge on any atom is -0.396 e. The van der Waals surface area contributed by atoms with Crippen molar-refractivity contribution >= 4 is 28.3 Å². The van der Waals surface area contributed by atoms with E-state index < -0.39 is 0 Å². The molecule has 0 atom stereocenters. The van der Waals surface area contributed by atoms with Crippen LogP contribution < -0.4 is 5.32 Å². The zero-order valence-corrected chi connectivity index (χ0v) is 21.0. The first-order valence-electron chi connectivity index (χ1n) is 12.4. The van der Waals surface area contributed by atoms with Gasteiger partial charge in [-0.05, 0) is 67.2 Å². The maximum absolute atomic E-state index is 12.7. The summed E-state index contributed by atoms with van der Waals surface area (Å²) in [7, 11) is 0. The van der Waals surface area contributed by atoms with E-state index in [4.69, 9.17) is 5.11 Å². The van der Waals surface area contributed by atoms with E-state index in [0.29, 0.717) is 35.9 Å². The fourth-order valence-electron chi connectivity index (χ4n) is 4.62. The molecule has 0 aliphatic heterocycles. The Balaban J connectivity index is 1.24. The SMILES string of the molecule is O=C(Nc1nnc(Cc2ccccc2)s1)c1ccc(C2CCC(CC(=O)N(O)CCCO)CC2)cc1. The molecule has 1 fully saturated rings. The molecule has 1 heterocycles. The number of rotatable bonds is 10. The van der Waals surface area contributed by atoms with Crippen LogP contribution in [0.25, 0.3) is 0 Å². The second-order valence-electron chi connectivity index (χ2n) is 9.26. The van der Waals surface area contributed by atoms with E-state index in [1.165, 1.54) is 16.9 Å². The molecule has 0 saturated heterocycles. The smallest absolute Gasteiger partial charge is 0.257 e. The molecule has 1 aliphatic carbocycles. The van der Waals surface area contributed by atoms with E-state index in [-0.39, 0.29) is 30.9 Å². The van der Waals surface area contributed by atoms with Gasteiger partial charge in [0.25, 0.3) is 5.91 Å². The molecular weight excluding hydrogens is 476 g/mol. The molecule has 0 spiro atoms. The molecule has 1 saturated carbocycles. The summed E-state index contributed by atoms with van der Waals surface area (Å²) in [6.45, 7) is 0.117. The van der Waals surface area contributed by atoms with Crippen molar-refractivity contribution < 1.29 is 19.9 Å². The second kappa shape index (κ2) is 12.7. The van der Waals surface area contributed by atoms with Crippen LogP contribution in [0.15, 0.2) is 54.6 Å². The van der Waals surface area contributed by atoms with E-state index >= 15 is 0 Å². The Kier molecular flexibility index (Phi) is 9.16. The number of aliphatic hydroxyl groups is 1. The number of hydroxylamine groups is 2. The van der Waals surface area contributed by atoms with Gasteiger partial charge in [0.05, 0.1) is 6.54 Å². The number of hydrogen-bond acceptors (Lipinski definition) is 7. The van der Waals surface area contributed by atoms with Crippen molar-refractivity contribution in [1.29, 1.82) is 0 Å². The summed E-state index contributed by atoms with van der Waals surface area (Å²) >= 11 is 1.38. The number of carbonyl (C=O) groups is 2. The third-order valence-corrected chi connectivity index (χ3v) is 7.49. The minimum absolute atomic E-state index is 0.0479. The van der Waals surface area contributed by atoms with Crippen LogP contribution in [0.2, 0.25) is 0 Å². The fourth-order valence-corrected chi connectivity index (χ4v) is 5.39. The normalized spacial score (nSPS) is 17.5. The Morgan fingerprint density at radius 1 is 1.00 bits per heavy atom. The van der Waals surface area contributed by atoms with Crippen LogP contribution in [-0.2, 0) is 11.2 Å². The highest BCUT2D eigenvalue weighted by molar-refractivity contribution is 7.15. The summed E-state index contributed by atoms with van der Waals surface area (Å²) in [5.41, 5.74) is 2.92. The van der Waals surface area contributed by atoms with Gasteiger partial charge in [-0.2, -0.15) is 0 Å². The van der Waals surface area contributed by atoms with E-state index in [1.807, 2.05) is 54.6 Å². The predicted octanol–water partition coefficient (Wildman–Crippen LogP) is 4.65. The monoisotopic (exact) mass is 508 g/mol. The molecule has 3 aromatic rings. The van der Waals surface area contributed by atoms with Crippen LogP contribution in [-0.4, -0.2) is 50.5 Å². The van der Waals surface area contributed by atoms with E-state index in [0.717, 1.165) is 41.3 Å². The quantitative estimate of drug-likeness (QED) is 0.271. The summed E-state index contributed by atoms with van der Waals surface area (Å²) in [6, 6.07) is 17.7. The van der Waals surface area contributed by atoms with Crippen LogP contribution in [0.5, 0.6) is 0 Å². The summed E-state index contributed by atoms with van der Waals surface area (Å²) in [4.78, 5) is 24.8. The molecule has 1 aliphatic rings. The summed E-state index contributed by atoms with van der Waals surface area (Å²) in [5, 5.41) is 31.8. The zero-order valence-electron chi connectivity index (χ0n) is 20.2. The molecule has 0 bridgehead atoms. The van der Waals surface area contributed by atoms with Crippen molar-refractivity contribution in [3.63, 3.8) is 0 Å². The highest BCUT2D eigenvalue weighted by Gasteiger charge is 2.25. The van der Waals surface area contributed by atoms with Crippen LogP contribution in [0, 0.1) is 5.92 Å². The molecule has 36 heavy (non-hydrogen) atoms. The largest absolute Gasteiger partial charge is 0.396 e. The van der Waals surface area contributed by atoms with Gasteiger partial charge in [-0.15, -0.1) is 10.2 Å². The molecule has 0 unspecified atom stereocenters. The lowest BCUT2D eigenvalue weighted by molar-refractivity contribution is -0.167. The second-order valence-corrected chi connectivity index (χ2v) is 10.3. The van der Waals surface area contributed by atoms with Gasteiger partial charge in [-0.3, -0.25) is 20.1 Å². The number of benzene rings is 2. The van der Waals surface area contributed by atoms with Crippen molar-refractivity contribution in [2.75, 3.05) is 18.5 Å². The molecule has 0 radical (unpaired) electrons. The van der Waals surface area contributed by atoms with Gasteiger partial charge < -0.3 is 5.11 Å². The minimum atomic E-state index is -0.273. The summed E-state index contributed by atoms with van der Waals surface area (Å²) in [6.07, 6.45) is 5.19. The lowest BCUT2D eigenvalue weighted by atomic mass is 9.77. The highest BCUT2D eigenvalue weighted by atomic mass is 32.1. The Bertz CT molecular complexity index is 1130. The number of aliphatic hydroxyl groups excluding tert-OH is 1. The van der Waals surface area contributed by atoms with Gasteiger partial charge >= 0.3 is 0 Å². The van der Waals surface area contributed by atoms with E-state index in [1.54, 1.807) is 0 Å². The molecule has 2 amide bonds. The molecular formula is C27H32N4O4S. The first-order valence-corrected chi connectivity index (χ1v) is 13.2. The number of hydrogen-bond donors (Lipinski definition) is 3. The predicted molar refractivity (Wildman–Crippen MR) is 138 cm³/mol. The standard InChI is InChI=1S/C27H32N4O4S/c32-16-4-15-31(35)25(33)18-20-7-9-21(10-8-20)22-11-13-23(14-12-22)26(34)28-27-30-29-24(36-27)17-19-5-2-1-3-6-19/h1-3,5-6,11-14,20-21,32,35H,4,7-10,15-18H2,(H,28,30,34). The van der Waals surface area contributed by atoms with Crippen molar-refractivity contribution in [2.45, 2.75) is 50.9 Å². The average molecular weight is 509 g/mol. The summed E-state index contributed by atoms with van der Waals surface area (Å²) in [5.74, 6) is 0.184. The number of anilines is 1. The van der Waals surface area contributed by atoms with E-state index in [2.05, 4.69) is 15.5 Å². The number of nitrogens with one attached hydrogen (secondary N) is 1. The number of amides is 2. The van der Waals surface area contributed by atoms with Crippen LogP contribution in [0.4, 0.5) is 5.13 Å². The topological polar surface area (TPSA) is 116 Å². The van der Waals surface area contributed by atoms with Gasteiger partial charge in [0.15, 0.2) is 0 Å². The van der Waals surface area contributed by atoms with Crippen LogP contribution in [0.1, 0.15) is 70.9 Å². The molecule has 2 aromatic carbocycles. The highest BCUT2D eigenvalue weighted by Crippen LogP contribution is 2.37. The number of aromatic nitrogens is 2. The first kappa shape index (κ1) is 25.9. The lowest BCUT2D eigenvalue weighted by Crippen LogP contribution is -2.31.